The highest BCUT2D eigenvalue weighted by Gasteiger charge is 2.42. The molecule has 2 N–H and O–H groups in total. The Hall–Kier alpha value is -3.89. The third-order valence-corrected chi connectivity index (χ3v) is 8.20. The summed E-state index contributed by atoms with van der Waals surface area (Å²) in [6.07, 6.45) is 3.40. The molecule has 0 aliphatic carbocycles. The van der Waals surface area contributed by atoms with Crippen LogP contribution in [-0.4, -0.2) is 39.5 Å². The number of amides is 1. The number of hydrogen-bond acceptors (Lipinski definition) is 6. The SMILES string of the molecule is CC(C)N1CC(C)(CN)n2cc(-c3ncc(Cc4ccc(F)cc4F)s3)c(=O)c(OCc3ccccc3)c2C1=O. The van der Waals surface area contributed by atoms with Crippen molar-refractivity contribution in [1.82, 2.24) is 14.5 Å². The second kappa shape index (κ2) is 10.9. The Bertz CT molecular complexity index is 1620. The monoisotopic (exact) mass is 564 g/mol. The van der Waals surface area contributed by atoms with E-state index in [-0.39, 0.29) is 48.5 Å². The number of carbonyl (C=O) groups excluding carboxylic acids is 1. The van der Waals surface area contributed by atoms with Crippen LogP contribution in [0.15, 0.2) is 65.7 Å². The van der Waals surface area contributed by atoms with Crippen LogP contribution in [0.4, 0.5) is 8.78 Å². The predicted molar refractivity (Wildman–Crippen MR) is 151 cm³/mol. The lowest BCUT2D eigenvalue weighted by atomic mass is 9.94. The molecule has 4 aromatic rings. The minimum Gasteiger partial charge on any atom is -0.483 e. The van der Waals surface area contributed by atoms with Crippen LogP contribution in [0, 0.1) is 11.6 Å². The fourth-order valence-electron chi connectivity index (χ4n) is 4.83. The molecule has 5 rings (SSSR count). The van der Waals surface area contributed by atoms with Crippen molar-refractivity contribution in [3.05, 3.63) is 104 Å². The Balaban J connectivity index is 1.62. The van der Waals surface area contributed by atoms with E-state index in [2.05, 4.69) is 4.98 Å². The average Bonchev–Trinajstić information content (AvgIpc) is 3.40. The zero-order chi connectivity index (χ0) is 28.6. The molecule has 2 aromatic heterocycles. The maximum Gasteiger partial charge on any atom is 0.274 e. The Kier molecular flexibility index (Phi) is 7.57. The lowest BCUT2D eigenvalue weighted by molar-refractivity contribution is 0.0496. The molecule has 2 aromatic carbocycles. The minimum absolute atomic E-state index is 0.0577. The highest BCUT2D eigenvalue weighted by molar-refractivity contribution is 7.15. The van der Waals surface area contributed by atoms with Gasteiger partial charge in [-0.2, -0.15) is 0 Å². The number of hydrogen-bond donors (Lipinski definition) is 1. The van der Waals surface area contributed by atoms with Crippen molar-refractivity contribution in [3.63, 3.8) is 0 Å². The summed E-state index contributed by atoms with van der Waals surface area (Å²) in [7, 11) is 0. The number of halogens is 2. The van der Waals surface area contributed by atoms with Crippen LogP contribution in [0.2, 0.25) is 0 Å². The minimum atomic E-state index is -0.710. The average molecular weight is 565 g/mol. The molecule has 40 heavy (non-hydrogen) atoms. The number of nitrogens with two attached hydrogens (primary N) is 1. The third-order valence-electron chi connectivity index (χ3n) is 7.17. The van der Waals surface area contributed by atoms with E-state index in [0.29, 0.717) is 22.0 Å². The highest BCUT2D eigenvalue weighted by atomic mass is 32.1. The maximum absolute atomic E-state index is 14.3. The van der Waals surface area contributed by atoms with E-state index in [0.717, 1.165) is 11.6 Å². The molecule has 1 aliphatic heterocycles. The smallest absolute Gasteiger partial charge is 0.274 e. The summed E-state index contributed by atoms with van der Waals surface area (Å²) in [6.45, 7) is 6.45. The van der Waals surface area contributed by atoms with E-state index in [1.165, 1.54) is 23.5 Å². The van der Waals surface area contributed by atoms with Gasteiger partial charge < -0.3 is 19.9 Å². The summed E-state index contributed by atoms with van der Waals surface area (Å²) in [6, 6.07) is 12.7. The van der Waals surface area contributed by atoms with Crippen LogP contribution in [0.3, 0.4) is 0 Å². The number of ether oxygens (including phenoxy) is 1. The largest absolute Gasteiger partial charge is 0.483 e. The highest BCUT2D eigenvalue weighted by Crippen LogP contribution is 2.35. The molecule has 0 spiro atoms. The first-order chi connectivity index (χ1) is 19.1. The number of thiazole rings is 1. The normalized spacial score (nSPS) is 16.9. The van der Waals surface area contributed by atoms with Crippen LogP contribution in [0.1, 0.15) is 47.3 Å². The van der Waals surface area contributed by atoms with Gasteiger partial charge in [0.25, 0.3) is 5.91 Å². The van der Waals surface area contributed by atoms with Crippen molar-refractivity contribution < 1.29 is 18.3 Å². The second-order valence-corrected chi connectivity index (χ2v) is 11.6. The van der Waals surface area contributed by atoms with Crippen LogP contribution in [0.5, 0.6) is 5.75 Å². The Labute approximate surface area is 234 Å². The van der Waals surface area contributed by atoms with E-state index in [9.17, 15) is 18.4 Å². The zero-order valence-electron chi connectivity index (χ0n) is 22.5. The molecule has 0 saturated carbocycles. The lowest BCUT2D eigenvalue weighted by Crippen LogP contribution is -2.58. The van der Waals surface area contributed by atoms with Crippen LogP contribution in [0.25, 0.3) is 10.6 Å². The van der Waals surface area contributed by atoms with Gasteiger partial charge in [0.1, 0.15) is 23.2 Å². The summed E-state index contributed by atoms with van der Waals surface area (Å²) in [5.41, 5.74) is 6.67. The fraction of sp³-hybridized carbons (Fsp3) is 0.300. The zero-order valence-corrected chi connectivity index (χ0v) is 23.3. The van der Waals surface area contributed by atoms with Gasteiger partial charge in [0.2, 0.25) is 5.43 Å². The van der Waals surface area contributed by atoms with Gasteiger partial charge in [0.05, 0.1) is 11.1 Å². The van der Waals surface area contributed by atoms with Gasteiger partial charge in [-0.1, -0.05) is 36.4 Å². The Morgan fingerprint density at radius 3 is 2.58 bits per heavy atom. The first kappa shape index (κ1) is 27.7. The Morgan fingerprint density at radius 2 is 1.90 bits per heavy atom. The lowest BCUT2D eigenvalue weighted by Gasteiger charge is -2.45. The molecule has 0 bridgehead atoms. The molecule has 0 saturated heterocycles. The molecule has 1 atom stereocenters. The van der Waals surface area contributed by atoms with E-state index in [1.54, 1.807) is 21.9 Å². The molecule has 0 radical (unpaired) electrons. The van der Waals surface area contributed by atoms with Gasteiger partial charge in [-0.3, -0.25) is 9.59 Å². The molecule has 1 amide bonds. The van der Waals surface area contributed by atoms with Gasteiger partial charge in [-0.15, -0.1) is 11.3 Å². The van der Waals surface area contributed by atoms with Crippen molar-refractivity contribution in [2.45, 2.75) is 45.4 Å². The van der Waals surface area contributed by atoms with Crippen molar-refractivity contribution in [2.75, 3.05) is 13.1 Å². The van der Waals surface area contributed by atoms with Gasteiger partial charge in [0.15, 0.2) is 11.4 Å². The van der Waals surface area contributed by atoms with Crippen molar-refractivity contribution in [1.29, 1.82) is 0 Å². The number of rotatable bonds is 8. The van der Waals surface area contributed by atoms with E-state index in [1.807, 2.05) is 51.1 Å². The number of benzene rings is 2. The third kappa shape index (κ3) is 5.16. The van der Waals surface area contributed by atoms with Gasteiger partial charge in [0, 0.05) is 48.9 Å². The summed E-state index contributed by atoms with van der Waals surface area (Å²) in [4.78, 5) is 34.6. The first-order valence-corrected chi connectivity index (χ1v) is 13.8. The predicted octanol–water partition coefficient (Wildman–Crippen LogP) is 4.96. The number of carbonyl (C=O) groups is 1. The fourth-order valence-corrected chi connectivity index (χ4v) is 5.77. The molecule has 0 fully saturated rings. The van der Waals surface area contributed by atoms with Gasteiger partial charge in [-0.05, 0) is 38.0 Å². The Morgan fingerprint density at radius 1 is 1.15 bits per heavy atom. The molecule has 10 heteroatoms. The molecule has 3 heterocycles. The molecule has 7 nitrogen and oxygen atoms in total. The van der Waals surface area contributed by atoms with E-state index >= 15 is 0 Å². The van der Waals surface area contributed by atoms with Gasteiger partial charge >= 0.3 is 0 Å². The number of fused-ring (bicyclic) bond motifs is 1. The van der Waals surface area contributed by atoms with Crippen LogP contribution < -0.4 is 15.9 Å². The van der Waals surface area contributed by atoms with Crippen molar-refractivity contribution >= 4 is 17.2 Å². The van der Waals surface area contributed by atoms with E-state index in [4.69, 9.17) is 10.5 Å². The van der Waals surface area contributed by atoms with E-state index < -0.39 is 22.6 Å². The molecule has 1 unspecified atom stereocenters. The number of aromatic nitrogens is 2. The standard InChI is InChI=1S/C30H30F2N4O3S/c1-18(2)35-17-30(3,16-33)36-14-23(28-34-13-22(40-28)11-20-9-10-21(31)12-24(20)32)26(37)27(25(36)29(35)38)39-15-19-7-5-4-6-8-19/h4-10,12-14,18H,11,15-17,33H2,1-3H3. The summed E-state index contributed by atoms with van der Waals surface area (Å²) >= 11 is 1.23. The molecule has 1 aliphatic rings. The summed E-state index contributed by atoms with van der Waals surface area (Å²) in [5, 5.41) is 0.403. The molecule has 208 valence electrons. The molecular weight excluding hydrogens is 534 g/mol. The second-order valence-electron chi connectivity index (χ2n) is 10.5. The van der Waals surface area contributed by atoms with Crippen molar-refractivity contribution in [2.24, 2.45) is 5.73 Å². The quantitative estimate of drug-likeness (QED) is 0.327. The maximum atomic E-state index is 14.3. The summed E-state index contributed by atoms with van der Waals surface area (Å²) < 4.78 is 35.5. The van der Waals surface area contributed by atoms with Crippen LogP contribution in [-0.2, 0) is 18.6 Å². The summed E-state index contributed by atoms with van der Waals surface area (Å²) in [5.74, 6) is -1.66. The van der Waals surface area contributed by atoms with Crippen molar-refractivity contribution in [3.8, 4) is 16.3 Å². The van der Waals surface area contributed by atoms with Crippen LogP contribution >= 0.6 is 11.3 Å². The van der Waals surface area contributed by atoms with Gasteiger partial charge in [-0.25, -0.2) is 13.8 Å². The number of pyridine rings is 1. The first-order valence-electron chi connectivity index (χ1n) is 13.0. The topological polar surface area (TPSA) is 90.5 Å². The molecular formula is C30H30F2N4O3S. The number of nitrogens with zero attached hydrogens (tertiary/aromatic N) is 3.